The number of rotatable bonds is 3. The molecule has 1 heterocycles. The highest BCUT2D eigenvalue weighted by Crippen LogP contribution is 2.14. The third-order valence-corrected chi connectivity index (χ3v) is 3.36. The number of halogens is 1. The fraction of sp³-hybridized carbons (Fsp3) is 0.625. The van der Waals surface area contributed by atoms with Gasteiger partial charge in [-0.25, -0.2) is 0 Å². The van der Waals surface area contributed by atoms with Crippen molar-refractivity contribution in [1.82, 2.24) is 9.78 Å². The van der Waals surface area contributed by atoms with Gasteiger partial charge in [0.15, 0.2) is 0 Å². The Kier molecular flexibility index (Phi) is 3.52. The lowest BCUT2D eigenvalue weighted by Gasteiger charge is -2.02. The average Bonchev–Trinajstić information content (AvgIpc) is 2.30. The zero-order valence-corrected chi connectivity index (χ0v) is 9.75. The maximum Gasteiger partial charge on any atom is 0.0730 e. The van der Waals surface area contributed by atoms with Gasteiger partial charge < -0.3 is 4.74 Å². The normalized spacial score (nSPS) is 10.7. The SMILES string of the molecule is COCCn1nc(C)c(I)c1C. The highest BCUT2D eigenvalue weighted by atomic mass is 127. The van der Waals surface area contributed by atoms with Crippen LogP contribution in [0.4, 0.5) is 0 Å². The molecule has 0 spiro atoms. The van der Waals surface area contributed by atoms with E-state index < -0.39 is 0 Å². The summed E-state index contributed by atoms with van der Waals surface area (Å²) in [6.45, 7) is 5.67. The van der Waals surface area contributed by atoms with E-state index in [-0.39, 0.29) is 0 Å². The van der Waals surface area contributed by atoms with Crippen LogP contribution < -0.4 is 0 Å². The molecule has 1 rings (SSSR count). The topological polar surface area (TPSA) is 27.1 Å². The van der Waals surface area contributed by atoms with E-state index in [4.69, 9.17) is 4.74 Å². The molecule has 1 aromatic rings. The van der Waals surface area contributed by atoms with Gasteiger partial charge >= 0.3 is 0 Å². The van der Waals surface area contributed by atoms with Crippen LogP contribution in [-0.2, 0) is 11.3 Å². The summed E-state index contributed by atoms with van der Waals surface area (Å²) in [4.78, 5) is 0. The lowest BCUT2D eigenvalue weighted by molar-refractivity contribution is 0.182. The Morgan fingerprint density at radius 1 is 1.50 bits per heavy atom. The number of methoxy groups -OCH3 is 1. The molecule has 0 aromatic carbocycles. The molecule has 0 aliphatic heterocycles. The largest absolute Gasteiger partial charge is 0.383 e. The molecule has 0 radical (unpaired) electrons. The van der Waals surface area contributed by atoms with E-state index in [1.807, 2.05) is 11.6 Å². The molecule has 0 N–H and O–H groups in total. The van der Waals surface area contributed by atoms with Crippen LogP contribution >= 0.6 is 22.6 Å². The molecule has 4 heteroatoms. The van der Waals surface area contributed by atoms with Crippen LogP contribution in [0.1, 0.15) is 11.4 Å². The van der Waals surface area contributed by atoms with E-state index in [1.54, 1.807) is 7.11 Å². The molecule has 3 nitrogen and oxygen atoms in total. The van der Waals surface area contributed by atoms with Gasteiger partial charge in [-0.05, 0) is 36.4 Å². The van der Waals surface area contributed by atoms with Crippen molar-refractivity contribution < 1.29 is 4.74 Å². The van der Waals surface area contributed by atoms with E-state index in [0.717, 1.165) is 18.8 Å². The number of aromatic nitrogens is 2. The van der Waals surface area contributed by atoms with Gasteiger partial charge in [-0.3, -0.25) is 4.68 Å². The quantitative estimate of drug-likeness (QED) is 0.789. The Balaban J connectivity index is 2.79. The minimum atomic E-state index is 0.720. The van der Waals surface area contributed by atoms with Gasteiger partial charge in [0.25, 0.3) is 0 Å². The highest BCUT2D eigenvalue weighted by Gasteiger charge is 2.07. The van der Waals surface area contributed by atoms with Crippen LogP contribution in [0, 0.1) is 17.4 Å². The van der Waals surface area contributed by atoms with Crippen LogP contribution in [0.3, 0.4) is 0 Å². The molecule has 12 heavy (non-hydrogen) atoms. The Morgan fingerprint density at radius 2 is 2.17 bits per heavy atom. The predicted octanol–water partition coefficient (Wildman–Crippen LogP) is 1.75. The maximum absolute atomic E-state index is 4.99. The van der Waals surface area contributed by atoms with Gasteiger partial charge in [0, 0.05) is 12.8 Å². The second-order valence-electron chi connectivity index (χ2n) is 2.70. The van der Waals surface area contributed by atoms with Crippen molar-refractivity contribution in [2.24, 2.45) is 0 Å². The van der Waals surface area contributed by atoms with Crippen molar-refractivity contribution in [3.63, 3.8) is 0 Å². The third-order valence-electron chi connectivity index (χ3n) is 1.80. The summed E-state index contributed by atoms with van der Waals surface area (Å²) in [6, 6.07) is 0. The Bertz CT molecular complexity index is 270. The van der Waals surface area contributed by atoms with Gasteiger partial charge in [-0.1, -0.05) is 0 Å². The van der Waals surface area contributed by atoms with E-state index in [1.165, 1.54) is 9.26 Å². The summed E-state index contributed by atoms with van der Waals surface area (Å²) in [5, 5.41) is 4.38. The first-order chi connectivity index (χ1) is 5.66. The monoisotopic (exact) mass is 280 g/mol. The first-order valence-corrected chi connectivity index (χ1v) is 4.93. The number of nitrogens with zero attached hydrogens (tertiary/aromatic N) is 2. The lowest BCUT2D eigenvalue weighted by Crippen LogP contribution is -2.07. The number of hydrogen-bond donors (Lipinski definition) is 0. The van der Waals surface area contributed by atoms with E-state index in [2.05, 4.69) is 34.6 Å². The van der Waals surface area contributed by atoms with Gasteiger partial charge in [-0.2, -0.15) is 5.10 Å². The summed E-state index contributed by atoms with van der Waals surface area (Å²) >= 11 is 2.32. The van der Waals surface area contributed by atoms with Crippen LogP contribution in [0.2, 0.25) is 0 Å². The third kappa shape index (κ3) is 1.98. The zero-order chi connectivity index (χ0) is 9.14. The second kappa shape index (κ2) is 4.23. The summed E-state index contributed by atoms with van der Waals surface area (Å²) < 4.78 is 8.23. The molecule has 1 aromatic heterocycles. The van der Waals surface area contributed by atoms with E-state index in [0.29, 0.717) is 0 Å². The summed E-state index contributed by atoms with van der Waals surface area (Å²) in [5.74, 6) is 0. The smallest absolute Gasteiger partial charge is 0.0730 e. The van der Waals surface area contributed by atoms with Crippen LogP contribution in [0.5, 0.6) is 0 Å². The molecule has 0 saturated carbocycles. The van der Waals surface area contributed by atoms with Gasteiger partial charge in [0.05, 0.1) is 22.4 Å². The van der Waals surface area contributed by atoms with E-state index >= 15 is 0 Å². The molecular formula is C8H13IN2O. The summed E-state index contributed by atoms with van der Waals surface area (Å²) in [7, 11) is 1.71. The molecule has 0 bridgehead atoms. The molecule has 0 fully saturated rings. The van der Waals surface area contributed by atoms with Crippen molar-refractivity contribution in [3.8, 4) is 0 Å². The first kappa shape index (κ1) is 9.98. The van der Waals surface area contributed by atoms with Gasteiger partial charge in [0.2, 0.25) is 0 Å². The molecule has 0 aliphatic rings. The number of hydrogen-bond acceptors (Lipinski definition) is 2. The van der Waals surface area contributed by atoms with Crippen molar-refractivity contribution in [1.29, 1.82) is 0 Å². The second-order valence-corrected chi connectivity index (χ2v) is 3.78. The number of ether oxygens (including phenoxy) is 1. The molecule has 68 valence electrons. The fourth-order valence-corrected chi connectivity index (χ4v) is 1.46. The van der Waals surface area contributed by atoms with Crippen LogP contribution in [0.15, 0.2) is 0 Å². The molecule has 0 atom stereocenters. The Hall–Kier alpha value is -0.100. The fourth-order valence-electron chi connectivity index (χ4n) is 1.07. The van der Waals surface area contributed by atoms with Crippen molar-refractivity contribution in [3.05, 3.63) is 15.0 Å². The van der Waals surface area contributed by atoms with Crippen molar-refractivity contribution >= 4 is 22.6 Å². The Morgan fingerprint density at radius 3 is 2.58 bits per heavy atom. The number of aryl methyl sites for hydroxylation is 1. The van der Waals surface area contributed by atoms with Gasteiger partial charge in [0.1, 0.15) is 0 Å². The molecular weight excluding hydrogens is 267 g/mol. The summed E-state index contributed by atoms with van der Waals surface area (Å²) in [5.41, 5.74) is 2.33. The minimum Gasteiger partial charge on any atom is -0.383 e. The minimum absolute atomic E-state index is 0.720. The molecule has 0 amide bonds. The highest BCUT2D eigenvalue weighted by molar-refractivity contribution is 14.1. The molecule has 0 saturated heterocycles. The maximum atomic E-state index is 4.99. The van der Waals surface area contributed by atoms with E-state index in [9.17, 15) is 0 Å². The van der Waals surface area contributed by atoms with Crippen molar-refractivity contribution in [2.45, 2.75) is 20.4 Å². The predicted molar refractivity (Wildman–Crippen MR) is 56.3 cm³/mol. The zero-order valence-electron chi connectivity index (χ0n) is 7.59. The van der Waals surface area contributed by atoms with Crippen LogP contribution in [-0.4, -0.2) is 23.5 Å². The van der Waals surface area contributed by atoms with Crippen molar-refractivity contribution in [2.75, 3.05) is 13.7 Å². The first-order valence-electron chi connectivity index (χ1n) is 3.85. The standard InChI is InChI=1S/C8H13IN2O/c1-6-8(9)7(2)11(10-6)4-5-12-3/h4-5H2,1-3H3. The average molecular weight is 280 g/mol. The molecule has 0 unspecified atom stereocenters. The molecule has 0 aliphatic carbocycles. The Labute approximate surface area is 86.2 Å². The van der Waals surface area contributed by atoms with Gasteiger partial charge in [-0.15, -0.1) is 0 Å². The summed E-state index contributed by atoms with van der Waals surface area (Å²) in [6.07, 6.45) is 0. The van der Waals surface area contributed by atoms with Crippen LogP contribution in [0.25, 0.3) is 0 Å². The lowest BCUT2D eigenvalue weighted by atomic mass is 10.4.